The highest BCUT2D eigenvalue weighted by atomic mass is 19.4. The minimum atomic E-state index is -4.90. The number of likely N-dealkylation sites (tertiary alicyclic amines) is 1. The molecule has 0 radical (unpaired) electrons. The van der Waals surface area contributed by atoms with Crippen molar-refractivity contribution < 1.29 is 37.0 Å². The first-order chi connectivity index (χ1) is 14.4. The van der Waals surface area contributed by atoms with E-state index in [1.165, 1.54) is 17.0 Å². The summed E-state index contributed by atoms with van der Waals surface area (Å²) in [5, 5.41) is 0. The standard InChI is InChI=1S/C22H22F3NO5/c1-21(2,3)31-20(28)26-11-16(12-26)29-19-10-14(8-9-18(19)30-22(23,24)25)17-7-5-4-6-15(17)13-27/h4-10,13,16H,11-12H2,1-3H3. The predicted octanol–water partition coefficient (Wildman–Crippen LogP) is 5.06. The number of carbonyl (C=O) groups is 2. The minimum absolute atomic E-state index is 0.135. The Kier molecular flexibility index (Phi) is 6.15. The number of ether oxygens (including phenoxy) is 3. The van der Waals surface area contributed by atoms with E-state index >= 15 is 0 Å². The van der Waals surface area contributed by atoms with Crippen LogP contribution in [0.25, 0.3) is 11.1 Å². The molecular formula is C22H22F3NO5. The van der Waals surface area contributed by atoms with Crippen LogP contribution in [-0.2, 0) is 4.74 Å². The Hall–Kier alpha value is -3.23. The van der Waals surface area contributed by atoms with Crippen molar-refractivity contribution in [3.8, 4) is 22.6 Å². The van der Waals surface area contributed by atoms with Gasteiger partial charge in [0.25, 0.3) is 0 Å². The van der Waals surface area contributed by atoms with Gasteiger partial charge in [-0.2, -0.15) is 0 Å². The van der Waals surface area contributed by atoms with E-state index in [0.29, 0.717) is 23.0 Å². The molecule has 2 aromatic rings. The lowest BCUT2D eigenvalue weighted by Crippen LogP contribution is -2.57. The molecule has 1 amide bonds. The SMILES string of the molecule is CC(C)(C)OC(=O)N1CC(Oc2cc(-c3ccccc3C=O)ccc2OC(F)(F)F)C1. The molecule has 0 atom stereocenters. The van der Waals surface area contributed by atoms with Crippen molar-refractivity contribution in [1.82, 2.24) is 4.90 Å². The Labute approximate surface area is 177 Å². The Bertz CT molecular complexity index is 962. The van der Waals surface area contributed by atoms with Crippen molar-refractivity contribution in [1.29, 1.82) is 0 Å². The first-order valence-electron chi connectivity index (χ1n) is 9.54. The quantitative estimate of drug-likeness (QED) is 0.612. The zero-order chi connectivity index (χ0) is 22.8. The molecule has 0 aromatic heterocycles. The van der Waals surface area contributed by atoms with E-state index in [0.717, 1.165) is 6.07 Å². The molecule has 0 aliphatic carbocycles. The summed E-state index contributed by atoms with van der Waals surface area (Å²) in [5.41, 5.74) is 0.773. The number of carbonyl (C=O) groups excluding carboxylic acids is 2. The van der Waals surface area contributed by atoms with Crippen LogP contribution in [0.2, 0.25) is 0 Å². The van der Waals surface area contributed by atoms with Gasteiger partial charge >= 0.3 is 12.5 Å². The fourth-order valence-corrected chi connectivity index (χ4v) is 3.01. The lowest BCUT2D eigenvalue weighted by molar-refractivity contribution is -0.275. The van der Waals surface area contributed by atoms with Crippen LogP contribution in [0.15, 0.2) is 42.5 Å². The summed E-state index contributed by atoms with van der Waals surface area (Å²) in [6, 6.07) is 10.6. The molecule has 31 heavy (non-hydrogen) atoms. The molecule has 6 nitrogen and oxygen atoms in total. The lowest BCUT2D eigenvalue weighted by atomic mass is 10.00. The molecule has 0 unspecified atom stereocenters. The monoisotopic (exact) mass is 437 g/mol. The predicted molar refractivity (Wildman–Crippen MR) is 106 cm³/mol. The van der Waals surface area contributed by atoms with Crippen molar-refractivity contribution in [3.63, 3.8) is 0 Å². The van der Waals surface area contributed by atoms with E-state index in [1.54, 1.807) is 45.0 Å². The van der Waals surface area contributed by atoms with Gasteiger partial charge in [0.2, 0.25) is 0 Å². The summed E-state index contributed by atoms with van der Waals surface area (Å²) >= 11 is 0. The van der Waals surface area contributed by atoms with Crippen LogP contribution in [0, 0.1) is 0 Å². The number of rotatable bonds is 5. The Morgan fingerprint density at radius 3 is 2.35 bits per heavy atom. The van der Waals surface area contributed by atoms with Crippen molar-refractivity contribution in [2.75, 3.05) is 13.1 Å². The first kappa shape index (κ1) is 22.5. The molecule has 0 saturated carbocycles. The average molecular weight is 437 g/mol. The number of amides is 1. The summed E-state index contributed by atoms with van der Waals surface area (Å²) in [6.07, 6.45) is -5.28. The Morgan fingerprint density at radius 2 is 1.74 bits per heavy atom. The number of halogens is 3. The smallest absolute Gasteiger partial charge is 0.483 e. The molecule has 1 fully saturated rings. The largest absolute Gasteiger partial charge is 0.573 e. The van der Waals surface area contributed by atoms with Crippen LogP contribution < -0.4 is 9.47 Å². The number of aldehydes is 1. The zero-order valence-corrected chi connectivity index (χ0v) is 17.2. The second kappa shape index (κ2) is 8.49. The third-order valence-electron chi connectivity index (χ3n) is 4.36. The van der Waals surface area contributed by atoms with Gasteiger partial charge in [-0.3, -0.25) is 4.79 Å². The number of benzene rings is 2. The highest BCUT2D eigenvalue weighted by Crippen LogP contribution is 2.38. The van der Waals surface area contributed by atoms with Gasteiger partial charge in [0.1, 0.15) is 11.7 Å². The van der Waals surface area contributed by atoms with Crippen molar-refractivity contribution >= 4 is 12.4 Å². The first-order valence-corrected chi connectivity index (χ1v) is 9.54. The molecule has 1 aliphatic rings. The van der Waals surface area contributed by atoms with E-state index in [1.807, 2.05) is 0 Å². The van der Waals surface area contributed by atoms with Crippen molar-refractivity contribution in [2.24, 2.45) is 0 Å². The zero-order valence-electron chi connectivity index (χ0n) is 17.2. The summed E-state index contributed by atoms with van der Waals surface area (Å²) in [5.74, 6) is -0.639. The molecule has 9 heteroatoms. The van der Waals surface area contributed by atoms with Gasteiger partial charge < -0.3 is 19.1 Å². The lowest BCUT2D eigenvalue weighted by Gasteiger charge is -2.39. The molecule has 1 heterocycles. The number of alkyl halides is 3. The second-order valence-corrected chi connectivity index (χ2v) is 8.04. The maximum absolute atomic E-state index is 12.8. The third-order valence-corrected chi connectivity index (χ3v) is 4.36. The molecule has 3 rings (SSSR count). The molecule has 166 valence electrons. The molecule has 0 N–H and O–H groups in total. The highest BCUT2D eigenvalue weighted by Gasteiger charge is 2.37. The van der Waals surface area contributed by atoms with E-state index in [2.05, 4.69) is 4.74 Å². The van der Waals surface area contributed by atoms with Crippen LogP contribution in [0.4, 0.5) is 18.0 Å². The van der Waals surface area contributed by atoms with Crippen LogP contribution in [0.3, 0.4) is 0 Å². The summed E-state index contributed by atoms with van der Waals surface area (Å²) in [6.45, 7) is 5.54. The van der Waals surface area contributed by atoms with Crippen LogP contribution >= 0.6 is 0 Å². The van der Waals surface area contributed by atoms with E-state index in [4.69, 9.17) is 9.47 Å². The van der Waals surface area contributed by atoms with Crippen molar-refractivity contribution in [3.05, 3.63) is 48.0 Å². The van der Waals surface area contributed by atoms with Gasteiger partial charge in [-0.15, -0.1) is 13.2 Å². The van der Waals surface area contributed by atoms with Crippen LogP contribution in [0.1, 0.15) is 31.1 Å². The van der Waals surface area contributed by atoms with E-state index < -0.39 is 29.9 Å². The minimum Gasteiger partial charge on any atom is -0.483 e. The molecule has 0 spiro atoms. The van der Waals surface area contributed by atoms with Gasteiger partial charge in [-0.05, 0) is 44.0 Å². The number of hydrogen-bond acceptors (Lipinski definition) is 5. The number of nitrogens with zero attached hydrogens (tertiary/aromatic N) is 1. The summed E-state index contributed by atoms with van der Waals surface area (Å²) in [4.78, 5) is 24.8. The van der Waals surface area contributed by atoms with Crippen molar-refractivity contribution in [2.45, 2.75) is 38.8 Å². The van der Waals surface area contributed by atoms with E-state index in [-0.39, 0.29) is 18.8 Å². The van der Waals surface area contributed by atoms with Crippen LogP contribution in [0.5, 0.6) is 11.5 Å². The molecule has 1 aliphatic heterocycles. The normalized spacial score (nSPS) is 14.6. The molecule has 2 aromatic carbocycles. The summed E-state index contributed by atoms with van der Waals surface area (Å²) < 4.78 is 53.5. The second-order valence-electron chi connectivity index (χ2n) is 8.04. The Balaban J connectivity index is 1.81. The molecular weight excluding hydrogens is 415 g/mol. The topological polar surface area (TPSA) is 65.1 Å². The fraction of sp³-hybridized carbons (Fsp3) is 0.364. The van der Waals surface area contributed by atoms with E-state index in [9.17, 15) is 22.8 Å². The maximum Gasteiger partial charge on any atom is 0.573 e. The molecule has 1 saturated heterocycles. The third kappa shape index (κ3) is 5.90. The Morgan fingerprint density at radius 1 is 1.06 bits per heavy atom. The van der Waals surface area contributed by atoms with Gasteiger partial charge in [0.05, 0.1) is 13.1 Å². The highest BCUT2D eigenvalue weighted by molar-refractivity contribution is 5.88. The molecule has 0 bridgehead atoms. The van der Waals surface area contributed by atoms with Gasteiger partial charge in [0, 0.05) is 5.56 Å². The summed E-state index contributed by atoms with van der Waals surface area (Å²) in [7, 11) is 0. The van der Waals surface area contributed by atoms with Gasteiger partial charge in [-0.1, -0.05) is 30.3 Å². The van der Waals surface area contributed by atoms with Crippen LogP contribution in [-0.4, -0.2) is 48.4 Å². The maximum atomic E-state index is 12.8. The van der Waals surface area contributed by atoms with Gasteiger partial charge in [-0.25, -0.2) is 4.79 Å². The van der Waals surface area contributed by atoms with Gasteiger partial charge in [0.15, 0.2) is 17.8 Å². The number of hydrogen-bond donors (Lipinski definition) is 0. The fourth-order valence-electron chi connectivity index (χ4n) is 3.01. The average Bonchev–Trinajstić information content (AvgIpc) is 2.62.